The van der Waals surface area contributed by atoms with Crippen LogP contribution in [0.15, 0.2) is 34.8 Å². The summed E-state index contributed by atoms with van der Waals surface area (Å²) in [6, 6.07) is 3.42. The Morgan fingerprint density at radius 2 is 2.38 bits per heavy atom. The highest BCUT2D eigenvalue weighted by molar-refractivity contribution is 8.02. The van der Waals surface area contributed by atoms with Crippen molar-refractivity contribution in [2.24, 2.45) is 0 Å². The summed E-state index contributed by atoms with van der Waals surface area (Å²) in [5.41, 5.74) is 0. The van der Waals surface area contributed by atoms with Crippen molar-refractivity contribution in [3.8, 4) is 0 Å². The molecule has 0 aliphatic rings. The number of aromatic nitrogens is 1. The summed E-state index contributed by atoms with van der Waals surface area (Å²) in [6.07, 6.45) is 2.57. The minimum absolute atomic E-state index is 0.562. The van der Waals surface area contributed by atoms with Gasteiger partial charge in [0.1, 0.15) is 5.03 Å². The van der Waals surface area contributed by atoms with E-state index in [-0.39, 0.29) is 0 Å². The first-order chi connectivity index (χ1) is 6.18. The number of hydrogen-bond donors (Lipinski definition) is 1. The molecule has 0 aliphatic heterocycles. The van der Waals surface area contributed by atoms with Gasteiger partial charge < -0.3 is 5.11 Å². The van der Waals surface area contributed by atoms with Crippen LogP contribution in [0.5, 0.6) is 0 Å². The number of aliphatic carboxylic acids is 1. The highest BCUT2D eigenvalue weighted by atomic mass is 35.5. The fourth-order valence-electron chi connectivity index (χ4n) is 0.594. The Morgan fingerprint density at radius 3 is 2.92 bits per heavy atom. The number of pyridine rings is 1. The van der Waals surface area contributed by atoms with Gasteiger partial charge in [0.05, 0.1) is 5.02 Å². The topological polar surface area (TPSA) is 50.2 Å². The van der Waals surface area contributed by atoms with Crippen molar-refractivity contribution in [3.63, 3.8) is 0 Å². The van der Waals surface area contributed by atoms with Gasteiger partial charge in [0.2, 0.25) is 0 Å². The molecule has 1 N–H and O–H groups in total. The lowest BCUT2D eigenvalue weighted by molar-refractivity contribution is -0.131. The Kier molecular flexibility index (Phi) is 3.79. The summed E-state index contributed by atoms with van der Waals surface area (Å²) in [7, 11) is 0. The molecule has 1 heterocycles. The Morgan fingerprint density at radius 1 is 1.62 bits per heavy atom. The van der Waals surface area contributed by atoms with Gasteiger partial charge in [0.25, 0.3) is 0 Å². The molecule has 0 amide bonds. The predicted molar refractivity (Wildman–Crippen MR) is 51.9 cm³/mol. The largest absolute Gasteiger partial charge is 0.478 e. The number of halogens is 1. The van der Waals surface area contributed by atoms with E-state index in [0.717, 1.165) is 6.08 Å². The molecule has 5 heteroatoms. The van der Waals surface area contributed by atoms with Crippen molar-refractivity contribution < 1.29 is 9.90 Å². The molecule has 0 saturated carbocycles. The quantitative estimate of drug-likeness (QED) is 0.622. The van der Waals surface area contributed by atoms with E-state index in [1.165, 1.54) is 23.4 Å². The van der Waals surface area contributed by atoms with E-state index in [1.54, 1.807) is 12.1 Å². The predicted octanol–water partition coefficient (Wildman–Crippen LogP) is 2.43. The first-order valence-electron chi connectivity index (χ1n) is 3.36. The Balaban J connectivity index is 2.55. The van der Waals surface area contributed by atoms with Crippen LogP contribution < -0.4 is 0 Å². The van der Waals surface area contributed by atoms with Crippen LogP contribution in [-0.4, -0.2) is 16.1 Å². The van der Waals surface area contributed by atoms with Crippen molar-refractivity contribution >= 4 is 29.3 Å². The molecule has 0 spiro atoms. The molecule has 1 rings (SSSR count). The normalized spacial score (nSPS) is 10.5. The molecule has 0 radical (unpaired) electrons. The first-order valence-corrected chi connectivity index (χ1v) is 4.62. The molecule has 0 saturated heterocycles. The van der Waals surface area contributed by atoms with Gasteiger partial charge in [0.15, 0.2) is 0 Å². The van der Waals surface area contributed by atoms with E-state index >= 15 is 0 Å². The summed E-state index contributed by atoms with van der Waals surface area (Å²) >= 11 is 6.84. The van der Waals surface area contributed by atoms with Crippen molar-refractivity contribution in [1.82, 2.24) is 4.98 Å². The number of carbonyl (C=O) groups is 1. The Labute approximate surface area is 84.4 Å². The van der Waals surface area contributed by atoms with Gasteiger partial charge in [-0.25, -0.2) is 9.78 Å². The molecule has 3 nitrogen and oxygen atoms in total. The van der Waals surface area contributed by atoms with Crippen LogP contribution in [0.1, 0.15) is 0 Å². The number of hydrogen-bond acceptors (Lipinski definition) is 3. The highest BCUT2D eigenvalue weighted by Crippen LogP contribution is 2.17. The Hall–Kier alpha value is -1.00. The second-order valence-electron chi connectivity index (χ2n) is 2.07. The van der Waals surface area contributed by atoms with E-state index < -0.39 is 5.97 Å². The lowest BCUT2D eigenvalue weighted by Gasteiger charge is -1.93. The van der Waals surface area contributed by atoms with Crippen LogP contribution in [0.4, 0.5) is 0 Å². The van der Waals surface area contributed by atoms with Crippen LogP contribution in [0.25, 0.3) is 0 Å². The molecule has 1 aromatic heterocycles. The summed E-state index contributed by atoms with van der Waals surface area (Å²) < 4.78 is 0. The van der Waals surface area contributed by atoms with Gasteiger partial charge in [-0.2, -0.15) is 0 Å². The van der Waals surface area contributed by atoms with Crippen LogP contribution in [-0.2, 0) is 4.79 Å². The van der Waals surface area contributed by atoms with Crippen LogP contribution in [0.3, 0.4) is 0 Å². The van der Waals surface area contributed by atoms with E-state index in [9.17, 15) is 4.79 Å². The molecule has 0 bridgehead atoms. The molecular formula is C8H6ClNO2S. The maximum absolute atomic E-state index is 10.1. The van der Waals surface area contributed by atoms with E-state index in [1.807, 2.05) is 0 Å². The molecule has 13 heavy (non-hydrogen) atoms. The number of nitrogens with zero attached hydrogens (tertiary/aromatic N) is 1. The third-order valence-corrected chi connectivity index (χ3v) is 2.08. The standard InChI is InChI=1S/C8H6ClNO2S/c9-6-1-2-7(10-5-6)13-4-3-8(11)12/h1-5H,(H,11,12)/b4-3+. The maximum atomic E-state index is 10.1. The average molecular weight is 216 g/mol. The van der Waals surface area contributed by atoms with Crippen molar-refractivity contribution in [2.75, 3.05) is 0 Å². The second kappa shape index (κ2) is 4.89. The van der Waals surface area contributed by atoms with E-state index in [4.69, 9.17) is 16.7 Å². The van der Waals surface area contributed by atoms with Gasteiger partial charge in [-0.05, 0) is 17.5 Å². The zero-order chi connectivity index (χ0) is 9.68. The molecule has 1 aromatic rings. The van der Waals surface area contributed by atoms with Gasteiger partial charge in [-0.15, -0.1) is 0 Å². The Bertz CT molecular complexity index is 323. The smallest absolute Gasteiger partial charge is 0.328 e. The van der Waals surface area contributed by atoms with Crippen LogP contribution >= 0.6 is 23.4 Å². The number of rotatable bonds is 3. The third-order valence-electron chi connectivity index (χ3n) is 1.10. The SMILES string of the molecule is O=C(O)/C=C/Sc1ccc(Cl)cn1. The van der Waals surface area contributed by atoms with Gasteiger partial charge in [-0.1, -0.05) is 23.4 Å². The van der Waals surface area contributed by atoms with E-state index in [0.29, 0.717) is 10.0 Å². The zero-order valence-electron chi connectivity index (χ0n) is 6.48. The fourth-order valence-corrected chi connectivity index (χ4v) is 1.29. The van der Waals surface area contributed by atoms with Gasteiger partial charge in [0, 0.05) is 12.3 Å². The second-order valence-corrected chi connectivity index (χ2v) is 3.44. The number of thioether (sulfide) groups is 1. The number of carboxylic acids is 1. The zero-order valence-corrected chi connectivity index (χ0v) is 8.05. The van der Waals surface area contributed by atoms with E-state index in [2.05, 4.69) is 4.98 Å². The molecule has 0 aromatic carbocycles. The van der Waals surface area contributed by atoms with Crippen molar-refractivity contribution in [3.05, 3.63) is 34.8 Å². The van der Waals surface area contributed by atoms with Crippen LogP contribution in [0.2, 0.25) is 5.02 Å². The van der Waals surface area contributed by atoms with Crippen molar-refractivity contribution in [1.29, 1.82) is 0 Å². The first kappa shape index (κ1) is 10.1. The van der Waals surface area contributed by atoms with Gasteiger partial charge >= 0.3 is 5.97 Å². The number of carboxylic acid groups (broad SMARTS) is 1. The summed E-state index contributed by atoms with van der Waals surface area (Å²) in [5, 5.41) is 11.0. The molecule has 68 valence electrons. The molecule has 0 fully saturated rings. The molecule has 0 atom stereocenters. The van der Waals surface area contributed by atoms with Crippen LogP contribution in [0, 0.1) is 0 Å². The fraction of sp³-hybridized carbons (Fsp3) is 0. The van der Waals surface area contributed by atoms with Crippen molar-refractivity contribution in [2.45, 2.75) is 5.03 Å². The minimum atomic E-state index is -0.971. The molecule has 0 unspecified atom stereocenters. The third kappa shape index (κ3) is 3.96. The lowest BCUT2D eigenvalue weighted by atomic mass is 10.5. The maximum Gasteiger partial charge on any atom is 0.328 e. The monoisotopic (exact) mass is 215 g/mol. The minimum Gasteiger partial charge on any atom is -0.478 e. The summed E-state index contributed by atoms with van der Waals surface area (Å²) in [6.45, 7) is 0. The molecule has 0 aliphatic carbocycles. The lowest BCUT2D eigenvalue weighted by Crippen LogP contribution is -1.84. The molecular weight excluding hydrogens is 210 g/mol. The average Bonchev–Trinajstić information content (AvgIpc) is 2.08. The summed E-state index contributed by atoms with van der Waals surface area (Å²) in [4.78, 5) is 14.1. The summed E-state index contributed by atoms with van der Waals surface area (Å²) in [5.74, 6) is -0.971. The highest BCUT2D eigenvalue weighted by Gasteiger charge is 1.92. The van der Waals surface area contributed by atoms with Gasteiger partial charge in [-0.3, -0.25) is 0 Å².